The monoisotopic (exact) mass is 495 g/mol. The van der Waals surface area contributed by atoms with E-state index in [-0.39, 0.29) is 6.42 Å². The first-order chi connectivity index (χ1) is 17.0. The van der Waals surface area contributed by atoms with Crippen molar-refractivity contribution in [3.8, 4) is 17.6 Å². The SMILES string of the molecule is COc1ccc2ncc(C)c([C@H](F)CCC3(C(=O)NO)CCN(CC#Cc4cccs4)CC3)c2c1. The molecule has 35 heavy (non-hydrogen) atoms. The molecule has 1 saturated heterocycles. The molecule has 0 unspecified atom stereocenters. The molecule has 6 nitrogen and oxygen atoms in total. The van der Waals surface area contributed by atoms with E-state index in [9.17, 15) is 10.0 Å². The smallest absolute Gasteiger partial charge is 0.249 e. The molecule has 0 spiro atoms. The van der Waals surface area contributed by atoms with Crippen molar-refractivity contribution < 1.29 is 19.1 Å². The Hall–Kier alpha value is -2.99. The van der Waals surface area contributed by atoms with E-state index in [4.69, 9.17) is 4.74 Å². The second kappa shape index (κ2) is 11.2. The number of hydrogen-bond acceptors (Lipinski definition) is 6. The predicted molar refractivity (Wildman–Crippen MR) is 135 cm³/mol. The number of methoxy groups -OCH3 is 1. The summed E-state index contributed by atoms with van der Waals surface area (Å²) < 4.78 is 21.1. The van der Waals surface area contributed by atoms with Gasteiger partial charge >= 0.3 is 0 Å². The van der Waals surface area contributed by atoms with Crippen molar-refractivity contribution in [1.82, 2.24) is 15.4 Å². The second-order valence-electron chi connectivity index (χ2n) is 9.02. The normalized spacial score (nSPS) is 16.3. The molecule has 0 saturated carbocycles. The highest BCUT2D eigenvalue weighted by Crippen LogP contribution is 2.41. The summed E-state index contributed by atoms with van der Waals surface area (Å²) in [6.45, 7) is 3.79. The molecule has 4 rings (SSSR count). The maximum Gasteiger partial charge on any atom is 0.249 e. The van der Waals surface area contributed by atoms with Crippen LogP contribution in [0.3, 0.4) is 0 Å². The number of benzene rings is 1. The van der Waals surface area contributed by atoms with Gasteiger partial charge in [0.1, 0.15) is 11.9 Å². The number of ether oxygens (including phenoxy) is 1. The van der Waals surface area contributed by atoms with Gasteiger partial charge in [-0.2, -0.15) is 0 Å². The van der Waals surface area contributed by atoms with Crippen LogP contribution in [0.2, 0.25) is 0 Å². The molecular formula is C27H30FN3O3S. The largest absolute Gasteiger partial charge is 0.497 e. The van der Waals surface area contributed by atoms with Crippen LogP contribution in [0.25, 0.3) is 10.9 Å². The van der Waals surface area contributed by atoms with Gasteiger partial charge in [0.05, 0.1) is 29.5 Å². The average molecular weight is 496 g/mol. The summed E-state index contributed by atoms with van der Waals surface area (Å²) >= 11 is 1.61. The number of hydroxylamine groups is 1. The Morgan fingerprint density at radius 2 is 2.17 bits per heavy atom. The van der Waals surface area contributed by atoms with E-state index >= 15 is 4.39 Å². The van der Waals surface area contributed by atoms with Gasteiger partial charge in [-0.05, 0) is 73.4 Å². The van der Waals surface area contributed by atoms with Gasteiger partial charge in [0.25, 0.3) is 0 Å². The van der Waals surface area contributed by atoms with Crippen LogP contribution in [0.15, 0.2) is 41.9 Å². The highest BCUT2D eigenvalue weighted by atomic mass is 32.1. The Bertz CT molecular complexity index is 1230. The molecule has 0 aliphatic carbocycles. The molecular weight excluding hydrogens is 465 g/mol. The lowest BCUT2D eigenvalue weighted by molar-refractivity contribution is -0.143. The molecule has 2 N–H and O–H groups in total. The molecule has 1 aliphatic heterocycles. The number of amides is 1. The maximum absolute atomic E-state index is 15.7. The third kappa shape index (κ3) is 5.64. The minimum absolute atomic E-state index is 0.169. The highest BCUT2D eigenvalue weighted by Gasteiger charge is 2.41. The van der Waals surface area contributed by atoms with E-state index in [0.29, 0.717) is 55.7 Å². The molecule has 3 aromatic rings. The van der Waals surface area contributed by atoms with Crippen LogP contribution in [0.4, 0.5) is 4.39 Å². The van der Waals surface area contributed by atoms with Gasteiger partial charge in [-0.1, -0.05) is 17.9 Å². The molecule has 1 aliphatic rings. The number of thiophene rings is 1. The van der Waals surface area contributed by atoms with Crippen molar-refractivity contribution >= 4 is 28.1 Å². The van der Waals surface area contributed by atoms with E-state index in [0.717, 1.165) is 15.8 Å². The zero-order valence-electron chi connectivity index (χ0n) is 20.0. The molecule has 2 aromatic heterocycles. The van der Waals surface area contributed by atoms with Crippen molar-refractivity contribution in [3.63, 3.8) is 0 Å². The number of likely N-dealkylation sites (tertiary alicyclic amines) is 1. The molecule has 1 fully saturated rings. The number of halogens is 1. The van der Waals surface area contributed by atoms with E-state index in [1.165, 1.54) is 0 Å². The van der Waals surface area contributed by atoms with E-state index in [1.807, 2.05) is 42.0 Å². The fraction of sp³-hybridized carbons (Fsp3) is 0.407. The molecule has 0 bridgehead atoms. The Labute approximate surface area is 209 Å². The molecule has 8 heteroatoms. The Morgan fingerprint density at radius 3 is 2.86 bits per heavy atom. The summed E-state index contributed by atoms with van der Waals surface area (Å²) in [5.41, 5.74) is 3.07. The third-order valence-corrected chi connectivity index (χ3v) is 7.72. The molecule has 184 valence electrons. The van der Waals surface area contributed by atoms with Crippen LogP contribution < -0.4 is 10.2 Å². The van der Waals surface area contributed by atoms with Crippen LogP contribution in [0, 0.1) is 24.2 Å². The Kier molecular flexibility index (Phi) is 8.01. The molecule has 1 atom stereocenters. The van der Waals surface area contributed by atoms with Gasteiger partial charge in [-0.25, -0.2) is 9.87 Å². The van der Waals surface area contributed by atoms with Crippen molar-refractivity contribution in [2.45, 2.75) is 38.8 Å². The van der Waals surface area contributed by atoms with Gasteiger partial charge in [-0.3, -0.25) is 19.9 Å². The number of hydrogen-bond donors (Lipinski definition) is 2. The summed E-state index contributed by atoms with van der Waals surface area (Å²) in [5.74, 6) is 6.55. The van der Waals surface area contributed by atoms with Gasteiger partial charge in [0.15, 0.2) is 0 Å². The minimum Gasteiger partial charge on any atom is -0.497 e. The summed E-state index contributed by atoms with van der Waals surface area (Å²) in [4.78, 5) is 20.4. The first-order valence-corrected chi connectivity index (χ1v) is 12.6. The summed E-state index contributed by atoms with van der Waals surface area (Å²) in [7, 11) is 1.58. The Balaban J connectivity index is 1.46. The third-order valence-electron chi connectivity index (χ3n) is 6.94. The zero-order valence-corrected chi connectivity index (χ0v) is 20.8. The summed E-state index contributed by atoms with van der Waals surface area (Å²) in [6.07, 6.45) is 1.99. The lowest BCUT2D eigenvalue weighted by atomic mass is 9.73. The first kappa shape index (κ1) is 25.1. The van der Waals surface area contributed by atoms with Crippen LogP contribution in [-0.2, 0) is 4.79 Å². The topological polar surface area (TPSA) is 74.7 Å². The number of piperidine rings is 1. The standard InChI is InChI=1S/C27H30FN3O3S/c1-19-18-29-24-8-7-20(34-2)17-22(24)25(19)23(28)9-10-27(26(32)30-33)11-14-31(15-12-27)13-3-5-21-6-4-16-35-21/h4,6-8,16-18,23,33H,9-15H2,1-2H3,(H,30,32)/t23-/m1/s1. The number of carbonyl (C=O) groups excluding carboxylic acids is 1. The number of carbonyl (C=O) groups is 1. The first-order valence-electron chi connectivity index (χ1n) is 11.7. The number of nitrogens with one attached hydrogen (secondary N) is 1. The Morgan fingerprint density at radius 1 is 1.37 bits per heavy atom. The molecule has 1 aromatic carbocycles. The van der Waals surface area contributed by atoms with Gasteiger partial charge in [0, 0.05) is 24.7 Å². The van der Waals surface area contributed by atoms with Crippen molar-refractivity contribution in [2.75, 3.05) is 26.7 Å². The fourth-order valence-electron chi connectivity index (χ4n) is 4.82. The van der Waals surface area contributed by atoms with Crippen molar-refractivity contribution in [2.24, 2.45) is 5.41 Å². The van der Waals surface area contributed by atoms with Gasteiger partial charge < -0.3 is 4.74 Å². The van der Waals surface area contributed by atoms with Crippen molar-refractivity contribution in [1.29, 1.82) is 0 Å². The molecule has 3 heterocycles. The maximum atomic E-state index is 15.7. The second-order valence-corrected chi connectivity index (χ2v) is 9.97. The number of pyridine rings is 1. The highest BCUT2D eigenvalue weighted by molar-refractivity contribution is 7.10. The predicted octanol–water partition coefficient (Wildman–Crippen LogP) is 5.04. The molecule has 1 amide bonds. The fourth-order valence-corrected chi connectivity index (χ4v) is 5.41. The van der Waals surface area contributed by atoms with Gasteiger partial charge in [-0.15, -0.1) is 11.3 Å². The van der Waals surface area contributed by atoms with Crippen LogP contribution in [-0.4, -0.2) is 47.7 Å². The lowest BCUT2D eigenvalue weighted by Crippen LogP contribution is -2.48. The number of alkyl halides is 1. The summed E-state index contributed by atoms with van der Waals surface area (Å²) in [5, 5.41) is 12.2. The number of aromatic nitrogens is 1. The van der Waals surface area contributed by atoms with Crippen LogP contribution >= 0.6 is 11.3 Å². The number of fused-ring (bicyclic) bond motifs is 1. The number of nitrogens with zero attached hydrogens (tertiary/aromatic N) is 2. The quantitative estimate of drug-likeness (QED) is 0.273. The van der Waals surface area contributed by atoms with Crippen molar-refractivity contribution in [3.05, 3.63) is 57.9 Å². The van der Waals surface area contributed by atoms with E-state index in [2.05, 4.69) is 21.7 Å². The molecule has 0 radical (unpaired) electrons. The number of aryl methyl sites for hydroxylation is 1. The average Bonchev–Trinajstić information content (AvgIpc) is 3.40. The van der Waals surface area contributed by atoms with E-state index in [1.54, 1.807) is 30.7 Å². The van der Waals surface area contributed by atoms with Gasteiger partial charge in [0.2, 0.25) is 5.91 Å². The minimum atomic E-state index is -1.27. The van der Waals surface area contributed by atoms with Crippen LogP contribution in [0.1, 0.15) is 47.9 Å². The van der Waals surface area contributed by atoms with E-state index < -0.39 is 17.5 Å². The summed E-state index contributed by atoms with van der Waals surface area (Å²) in [6, 6.07) is 9.40. The lowest BCUT2D eigenvalue weighted by Gasteiger charge is -2.40. The van der Waals surface area contributed by atoms with Crippen LogP contribution in [0.5, 0.6) is 5.75 Å². The number of rotatable bonds is 7. The zero-order chi connectivity index (χ0) is 24.8.